The van der Waals surface area contributed by atoms with E-state index < -0.39 is 6.09 Å². The lowest BCUT2D eigenvalue weighted by Gasteiger charge is -2.09. The van der Waals surface area contributed by atoms with Gasteiger partial charge in [0.15, 0.2) is 0 Å². The second-order valence-electron chi connectivity index (χ2n) is 7.63. The third-order valence-electron chi connectivity index (χ3n) is 4.60. The van der Waals surface area contributed by atoms with Crippen LogP contribution in [0.4, 0.5) is 4.79 Å². The molecule has 1 aromatic rings. The summed E-state index contributed by atoms with van der Waals surface area (Å²) < 4.78 is 43.1. The molecule has 36 heavy (non-hydrogen) atoms. The van der Waals surface area contributed by atoms with Crippen molar-refractivity contribution in [2.45, 2.75) is 26.4 Å². The van der Waals surface area contributed by atoms with Crippen molar-refractivity contribution in [1.82, 2.24) is 5.32 Å². The van der Waals surface area contributed by atoms with E-state index >= 15 is 0 Å². The van der Waals surface area contributed by atoms with Crippen molar-refractivity contribution < 1.29 is 42.7 Å². The van der Waals surface area contributed by atoms with Crippen molar-refractivity contribution in [3.63, 3.8) is 0 Å². The van der Waals surface area contributed by atoms with Crippen LogP contribution < -0.4 is 5.32 Å². The van der Waals surface area contributed by atoms with Gasteiger partial charge in [-0.15, -0.1) is 0 Å². The molecule has 1 N–H and O–H groups in total. The maximum Gasteiger partial charge on any atom is 0.407 e. The number of hydrogen-bond acceptors (Lipinski definition) is 9. The Hall–Kier alpha value is -1.79. The molecule has 0 aliphatic rings. The summed E-state index contributed by atoms with van der Waals surface area (Å²) in [6.07, 6.45) is 1.78. The van der Waals surface area contributed by atoms with Gasteiger partial charge >= 0.3 is 6.09 Å². The average Bonchev–Trinajstić information content (AvgIpc) is 2.90. The summed E-state index contributed by atoms with van der Waals surface area (Å²) in [5, 5.41) is 2.64. The minimum absolute atomic E-state index is 0.246. The van der Waals surface area contributed by atoms with Crippen LogP contribution in [0, 0.1) is 0 Å². The minimum atomic E-state index is -0.461. The van der Waals surface area contributed by atoms with E-state index in [9.17, 15) is 4.79 Å². The Bertz CT molecular complexity index is 592. The number of rotatable bonds is 26. The van der Waals surface area contributed by atoms with Gasteiger partial charge in [-0.3, -0.25) is 0 Å². The Labute approximate surface area is 215 Å². The first-order valence-electron chi connectivity index (χ1n) is 12.8. The molecular weight excluding hydrogens is 470 g/mol. The number of carbonyl (C=O) groups excluding carboxylic acids is 1. The van der Waals surface area contributed by atoms with Gasteiger partial charge in [-0.25, -0.2) is 4.79 Å². The topological polar surface area (TPSA) is 103 Å². The molecule has 1 aromatic carbocycles. The molecule has 0 heterocycles. The highest BCUT2D eigenvalue weighted by Crippen LogP contribution is 2.00. The van der Waals surface area contributed by atoms with Gasteiger partial charge in [0.1, 0.15) is 6.61 Å². The fraction of sp³-hybridized carbons (Fsp3) is 0.731. The Morgan fingerprint density at radius 3 is 1.47 bits per heavy atom. The number of alkyl carbamates (subject to hydrolysis) is 1. The maximum absolute atomic E-state index is 11.6. The van der Waals surface area contributed by atoms with E-state index in [1.54, 1.807) is 0 Å². The zero-order chi connectivity index (χ0) is 25.8. The molecule has 0 unspecified atom stereocenters. The highest BCUT2D eigenvalue weighted by Gasteiger charge is 2.01. The van der Waals surface area contributed by atoms with Gasteiger partial charge in [0.25, 0.3) is 0 Å². The summed E-state index contributed by atoms with van der Waals surface area (Å²) in [6.45, 7) is 10.3. The van der Waals surface area contributed by atoms with Crippen molar-refractivity contribution in [1.29, 1.82) is 0 Å². The molecule has 1 amide bonds. The van der Waals surface area contributed by atoms with Gasteiger partial charge in [-0.2, -0.15) is 0 Å². The molecule has 10 heteroatoms. The highest BCUT2D eigenvalue weighted by atomic mass is 16.6. The van der Waals surface area contributed by atoms with Crippen LogP contribution in [0.5, 0.6) is 0 Å². The second-order valence-corrected chi connectivity index (χ2v) is 7.63. The molecule has 0 saturated carbocycles. The summed E-state index contributed by atoms with van der Waals surface area (Å²) in [4.78, 5) is 11.6. The number of unbranched alkanes of at least 4 members (excludes halogenated alkanes) is 1. The maximum atomic E-state index is 11.6. The van der Waals surface area contributed by atoms with Crippen LogP contribution in [0.3, 0.4) is 0 Å². The van der Waals surface area contributed by atoms with Crippen molar-refractivity contribution in [3.8, 4) is 0 Å². The molecule has 10 nitrogen and oxygen atoms in total. The van der Waals surface area contributed by atoms with Crippen LogP contribution in [0.2, 0.25) is 0 Å². The summed E-state index contributed by atoms with van der Waals surface area (Å²) in [5.41, 5.74) is 0.944. The third kappa shape index (κ3) is 22.7. The monoisotopic (exact) mass is 515 g/mol. The van der Waals surface area contributed by atoms with Crippen LogP contribution in [0.1, 0.15) is 25.3 Å². The van der Waals surface area contributed by atoms with E-state index in [4.69, 9.17) is 37.9 Å². The van der Waals surface area contributed by atoms with Crippen LogP contribution >= 0.6 is 0 Å². The van der Waals surface area contributed by atoms with Crippen molar-refractivity contribution in [2.75, 3.05) is 99.0 Å². The molecule has 0 aliphatic heterocycles. The molecule has 0 radical (unpaired) electrons. The van der Waals surface area contributed by atoms with Gasteiger partial charge in [0.05, 0.1) is 85.9 Å². The normalized spacial score (nSPS) is 11.0. The summed E-state index contributed by atoms with van der Waals surface area (Å²) in [5.74, 6) is 0. The fourth-order valence-electron chi connectivity index (χ4n) is 2.67. The number of benzene rings is 1. The van der Waals surface area contributed by atoms with Crippen LogP contribution in [0.15, 0.2) is 30.3 Å². The van der Waals surface area contributed by atoms with Crippen LogP contribution in [-0.2, 0) is 44.5 Å². The first-order chi connectivity index (χ1) is 17.8. The lowest BCUT2D eigenvalue weighted by Crippen LogP contribution is -2.28. The molecular formula is C26H45NO9. The molecule has 1 rings (SSSR count). The highest BCUT2D eigenvalue weighted by molar-refractivity contribution is 5.67. The SMILES string of the molecule is CCCCOCCOCCOCCOCCOCCOCCOCCNC(=O)OCc1ccccc1. The van der Waals surface area contributed by atoms with E-state index in [-0.39, 0.29) is 6.61 Å². The average molecular weight is 516 g/mol. The van der Waals surface area contributed by atoms with Gasteiger partial charge in [0, 0.05) is 13.2 Å². The lowest BCUT2D eigenvalue weighted by molar-refractivity contribution is -0.0204. The van der Waals surface area contributed by atoms with E-state index in [2.05, 4.69) is 12.2 Å². The van der Waals surface area contributed by atoms with Gasteiger partial charge in [-0.1, -0.05) is 43.7 Å². The van der Waals surface area contributed by atoms with Gasteiger partial charge < -0.3 is 43.2 Å². The quantitative estimate of drug-likeness (QED) is 0.187. The number of amides is 1. The largest absolute Gasteiger partial charge is 0.445 e. The number of nitrogens with one attached hydrogen (secondary N) is 1. The van der Waals surface area contributed by atoms with Crippen molar-refractivity contribution in [3.05, 3.63) is 35.9 Å². The van der Waals surface area contributed by atoms with E-state index in [1.807, 2.05) is 30.3 Å². The molecule has 0 saturated heterocycles. The molecule has 0 atom stereocenters. The zero-order valence-corrected chi connectivity index (χ0v) is 21.8. The third-order valence-corrected chi connectivity index (χ3v) is 4.60. The summed E-state index contributed by atoms with van der Waals surface area (Å²) >= 11 is 0. The molecule has 0 bridgehead atoms. The molecule has 0 spiro atoms. The molecule has 0 aromatic heterocycles. The summed E-state index contributed by atoms with van der Waals surface area (Å²) in [7, 11) is 0. The molecule has 208 valence electrons. The Kier molecular flexibility index (Phi) is 23.5. The number of hydrogen-bond donors (Lipinski definition) is 1. The van der Waals surface area contributed by atoms with Gasteiger partial charge in [0.2, 0.25) is 0 Å². The molecule has 0 fully saturated rings. The van der Waals surface area contributed by atoms with E-state index in [0.717, 1.165) is 25.0 Å². The Morgan fingerprint density at radius 2 is 1.03 bits per heavy atom. The standard InChI is InChI=1S/C26H45NO9/c1-2-3-10-29-12-14-31-16-18-33-20-22-35-23-21-34-19-17-32-15-13-30-11-9-27-26(28)36-24-25-7-5-4-6-8-25/h4-8H,2-3,9-24H2,1H3,(H,27,28). The van der Waals surface area contributed by atoms with E-state index in [1.165, 1.54) is 0 Å². The first-order valence-corrected chi connectivity index (χ1v) is 12.8. The minimum Gasteiger partial charge on any atom is -0.445 e. The van der Waals surface area contributed by atoms with Gasteiger partial charge in [-0.05, 0) is 12.0 Å². The van der Waals surface area contributed by atoms with Crippen LogP contribution in [0.25, 0.3) is 0 Å². The second kappa shape index (κ2) is 26.3. The number of ether oxygens (including phenoxy) is 8. The Morgan fingerprint density at radius 1 is 0.611 bits per heavy atom. The number of carbonyl (C=O) groups is 1. The van der Waals surface area contributed by atoms with Crippen LogP contribution in [-0.4, -0.2) is 105 Å². The fourth-order valence-corrected chi connectivity index (χ4v) is 2.67. The van der Waals surface area contributed by atoms with E-state index in [0.29, 0.717) is 92.4 Å². The summed E-state index contributed by atoms with van der Waals surface area (Å²) in [6, 6.07) is 9.52. The lowest BCUT2D eigenvalue weighted by atomic mass is 10.2. The van der Waals surface area contributed by atoms with Crippen molar-refractivity contribution in [2.24, 2.45) is 0 Å². The first kappa shape index (κ1) is 32.2. The molecule has 0 aliphatic carbocycles. The van der Waals surface area contributed by atoms with Crippen molar-refractivity contribution >= 4 is 6.09 Å². The predicted octanol–water partition coefficient (Wildman–Crippen LogP) is 2.83. The smallest absolute Gasteiger partial charge is 0.407 e. The Balaban J connectivity index is 1.68. The zero-order valence-electron chi connectivity index (χ0n) is 21.8. The predicted molar refractivity (Wildman–Crippen MR) is 135 cm³/mol.